The molecule has 0 bridgehead atoms. The van der Waals surface area contributed by atoms with Crippen molar-refractivity contribution >= 4 is 17.5 Å². The van der Waals surface area contributed by atoms with E-state index in [9.17, 15) is 14.0 Å². The van der Waals surface area contributed by atoms with Gasteiger partial charge >= 0.3 is 0 Å². The maximum absolute atomic E-state index is 14.1. The highest BCUT2D eigenvalue weighted by atomic mass is 19.1. The predicted octanol–water partition coefficient (Wildman–Crippen LogP) is 3.06. The number of nitrogens with zero attached hydrogens (tertiary/aromatic N) is 3. The first kappa shape index (κ1) is 22.1. The van der Waals surface area contributed by atoms with Gasteiger partial charge in [0.1, 0.15) is 12.4 Å². The van der Waals surface area contributed by atoms with Crippen LogP contribution in [0.4, 0.5) is 4.39 Å². The van der Waals surface area contributed by atoms with E-state index < -0.39 is 11.9 Å². The van der Waals surface area contributed by atoms with E-state index in [0.717, 1.165) is 11.1 Å². The number of amides is 2. The Bertz CT molecular complexity index is 1140. The first-order valence-corrected chi connectivity index (χ1v) is 10.6. The van der Waals surface area contributed by atoms with E-state index in [1.807, 2.05) is 30.3 Å². The molecule has 33 heavy (non-hydrogen) atoms. The van der Waals surface area contributed by atoms with Crippen molar-refractivity contribution < 1.29 is 18.8 Å². The second-order valence-electron chi connectivity index (χ2n) is 7.63. The summed E-state index contributed by atoms with van der Waals surface area (Å²) in [6, 6.07) is 19.2. The van der Waals surface area contributed by atoms with Crippen molar-refractivity contribution in [2.45, 2.75) is 25.6 Å². The quantitative estimate of drug-likeness (QED) is 0.577. The number of oxime groups is 1. The van der Waals surface area contributed by atoms with E-state index in [0.29, 0.717) is 17.8 Å². The summed E-state index contributed by atoms with van der Waals surface area (Å²) in [6.07, 6.45) is 2.51. The largest absolute Gasteiger partial charge is 0.382 e. The smallest absolute Gasteiger partial charge is 0.267 e. The van der Waals surface area contributed by atoms with E-state index in [4.69, 9.17) is 4.84 Å². The normalized spacial score (nSPS) is 14.8. The zero-order chi connectivity index (χ0) is 23.0. The molecule has 168 valence electrons. The van der Waals surface area contributed by atoms with Crippen molar-refractivity contribution in [1.29, 1.82) is 0 Å². The van der Waals surface area contributed by atoms with Gasteiger partial charge < -0.3 is 15.1 Å². The summed E-state index contributed by atoms with van der Waals surface area (Å²) in [5.74, 6) is -1.11. The average Bonchev–Trinajstić information content (AvgIpc) is 3.33. The number of aromatic nitrogens is 1. The molecule has 1 aliphatic heterocycles. The SMILES string of the molecule is O=C(CN(Cc1ccccc1)C(=O)C1CC(c2ccccc2F)=NO1)NCc1ccncc1. The minimum absolute atomic E-state index is 0.129. The van der Waals surface area contributed by atoms with E-state index in [-0.39, 0.29) is 31.3 Å². The summed E-state index contributed by atoms with van der Waals surface area (Å²) in [5, 5.41) is 6.76. The Kier molecular flexibility index (Phi) is 7.04. The molecule has 3 aromatic rings. The lowest BCUT2D eigenvalue weighted by Gasteiger charge is -2.24. The fourth-order valence-corrected chi connectivity index (χ4v) is 3.51. The lowest BCUT2D eigenvalue weighted by molar-refractivity contribution is -0.145. The molecule has 1 N–H and O–H groups in total. The van der Waals surface area contributed by atoms with Crippen LogP contribution >= 0.6 is 0 Å². The molecule has 1 unspecified atom stereocenters. The average molecular weight is 446 g/mol. The van der Waals surface area contributed by atoms with Crippen LogP contribution in [0.15, 0.2) is 84.3 Å². The van der Waals surface area contributed by atoms with Gasteiger partial charge in [0.05, 0.1) is 5.71 Å². The fourth-order valence-electron chi connectivity index (χ4n) is 3.51. The lowest BCUT2D eigenvalue weighted by atomic mass is 10.0. The van der Waals surface area contributed by atoms with Crippen LogP contribution in [-0.4, -0.2) is 40.1 Å². The third-order valence-corrected chi connectivity index (χ3v) is 5.23. The van der Waals surface area contributed by atoms with Crippen LogP contribution in [0, 0.1) is 5.82 Å². The highest BCUT2D eigenvalue weighted by Crippen LogP contribution is 2.21. The minimum atomic E-state index is -0.920. The number of pyridine rings is 1. The van der Waals surface area contributed by atoms with Crippen LogP contribution in [0.1, 0.15) is 23.1 Å². The molecule has 7 nitrogen and oxygen atoms in total. The molecule has 8 heteroatoms. The van der Waals surface area contributed by atoms with Crippen molar-refractivity contribution in [2.75, 3.05) is 6.54 Å². The molecule has 4 rings (SSSR count). The second-order valence-corrected chi connectivity index (χ2v) is 7.63. The molecule has 0 aliphatic carbocycles. The van der Waals surface area contributed by atoms with E-state index in [2.05, 4.69) is 15.5 Å². The fraction of sp³-hybridized carbons (Fsp3) is 0.200. The first-order chi connectivity index (χ1) is 16.1. The molecule has 1 aliphatic rings. The maximum Gasteiger partial charge on any atom is 0.267 e. The van der Waals surface area contributed by atoms with Crippen molar-refractivity contribution in [1.82, 2.24) is 15.2 Å². The first-order valence-electron chi connectivity index (χ1n) is 10.6. The van der Waals surface area contributed by atoms with Gasteiger partial charge in [-0.2, -0.15) is 0 Å². The molecule has 2 heterocycles. The van der Waals surface area contributed by atoms with Gasteiger partial charge in [-0.05, 0) is 29.3 Å². The Morgan fingerprint density at radius 1 is 1.00 bits per heavy atom. The highest BCUT2D eigenvalue weighted by Gasteiger charge is 2.34. The number of halogens is 1. The molecule has 0 saturated carbocycles. The number of rotatable bonds is 8. The summed E-state index contributed by atoms with van der Waals surface area (Å²) < 4.78 is 14.1. The Morgan fingerprint density at radius 2 is 1.73 bits per heavy atom. The van der Waals surface area contributed by atoms with E-state index >= 15 is 0 Å². The summed E-state index contributed by atoms with van der Waals surface area (Å²) in [4.78, 5) is 36.6. The number of hydrogen-bond donors (Lipinski definition) is 1. The molecular weight excluding hydrogens is 423 g/mol. The van der Waals surface area contributed by atoms with E-state index in [1.165, 1.54) is 11.0 Å². The van der Waals surface area contributed by atoms with Gasteiger partial charge in [0, 0.05) is 37.5 Å². The Labute approximate surface area is 190 Å². The standard InChI is InChI=1S/C25H23FN4O3/c26-21-9-5-4-8-20(21)22-14-23(33-29-22)25(32)30(16-19-6-2-1-3-7-19)17-24(31)28-15-18-10-12-27-13-11-18/h1-13,23H,14-17H2,(H,28,31). The Balaban J connectivity index is 1.43. The predicted molar refractivity (Wildman–Crippen MR) is 120 cm³/mol. The number of nitrogens with one attached hydrogen (secondary N) is 1. The molecule has 0 radical (unpaired) electrons. The van der Waals surface area contributed by atoms with E-state index in [1.54, 1.807) is 42.7 Å². The van der Waals surface area contributed by atoms with Crippen LogP contribution in [-0.2, 0) is 27.5 Å². The lowest BCUT2D eigenvalue weighted by Crippen LogP contribution is -2.44. The van der Waals surface area contributed by atoms with Crippen LogP contribution in [0.25, 0.3) is 0 Å². The summed E-state index contributed by atoms with van der Waals surface area (Å²) >= 11 is 0. The topological polar surface area (TPSA) is 83.9 Å². The highest BCUT2D eigenvalue weighted by molar-refractivity contribution is 6.04. The summed E-state index contributed by atoms with van der Waals surface area (Å²) in [6.45, 7) is 0.417. The third kappa shape index (κ3) is 5.79. The van der Waals surface area contributed by atoms with Gasteiger partial charge in [0.25, 0.3) is 5.91 Å². The number of hydrogen-bond acceptors (Lipinski definition) is 5. The Morgan fingerprint density at radius 3 is 2.48 bits per heavy atom. The van der Waals surface area contributed by atoms with Crippen molar-refractivity contribution in [3.63, 3.8) is 0 Å². The molecule has 0 spiro atoms. The molecule has 2 amide bonds. The minimum Gasteiger partial charge on any atom is -0.382 e. The van der Waals surface area contributed by atoms with Gasteiger partial charge in [-0.25, -0.2) is 4.39 Å². The zero-order valence-electron chi connectivity index (χ0n) is 17.9. The van der Waals surface area contributed by atoms with Crippen LogP contribution < -0.4 is 5.32 Å². The molecule has 0 saturated heterocycles. The molecule has 0 fully saturated rings. The maximum atomic E-state index is 14.1. The number of carbonyl (C=O) groups excluding carboxylic acids is 2. The zero-order valence-corrected chi connectivity index (χ0v) is 17.9. The van der Waals surface area contributed by atoms with Crippen LogP contribution in [0.3, 0.4) is 0 Å². The van der Waals surface area contributed by atoms with Crippen molar-refractivity contribution in [3.05, 3.63) is 102 Å². The number of carbonyl (C=O) groups is 2. The van der Waals surface area contributed by atoms with Gasteiger partial charge in [-0.3, -0.25) is 14.6 Å². The van der Waals surface area contributed by atoms with Crippen LogP contribution in [0.2, 0.25) is 0 Å². The summed E-state index contributed by atoms with van der Waals surface area (Å²) in [7, 11) is 0. The van der Waals surface area contributed by atoms with Gasteiger partial charge in [0.15, 0.2) is 0 Å². The monoisotopic (exact) mass is 446 g/mol. The molecule has 1 atom stereocenters. The third-order valence-electron chi connectivity index (χ3n) is 5.23. The Hall–Kier alpha value is -4.07. The molecule has 2 aromatic carbocycles. The number of benzene rings is 2. The van der Waals surface area contributed by atoms with Gasteiger partial charge in [-0.1, -0.05) is 53.7 Å². The van der Waals surface area contributed by atoms with Gasteiger partial charge in [0.2, 0.25) is 12.0 Å². The molecule has 1 aromatic heterocycles. The second kappa shape index (κ2) is 10.5. The molecular formula is C25H23FN4O3. The van der Waals surface area contributed by atoms with Crippen LogP contribution in [0.5, 0.6) is 0 Å². The van der Waals surface area contributed by atoms with Gasteiger partial charge in [-0.15, -0.1) is 0 Å². The van der Waals surface area contributed by atoms with Crippen molar-refractivity contribution in [3.8, 4) is 0 Å². The summed E-state index contributed by atoms with van der Waals surface area (Å²) in [5.41, 5.74) is 2.45. The van der Waals surface area contributed by atoms with Crippen molar-refractivity contribution in [2.24, 2.45) is 5.16 Å².